The van der Waals surface area contributed by atoms with Gasteiger partial charge in [0.2, 0.25) is 0 Å². The van der Waals surface area contributed by atoms with E-state index in [2.05, 4.69) is 4.98 Å². The SMILES string of the molecule is Cc1ccc(F)c(-n2c(=S)[nH]c3cc(F)c(C)cc32)c1. The lowest BCUT2D eigenvalue weighted by Crippen LogP contribution is -1.99. The van der Waals surface area contributed by atoms with Gasteiger partial charge in [0.1, 0.15) is 11.6 Å². The summed E-state index contributed by atoms with van der Waals surface area (Å²) in [6.45, 7) is 3.55. The Bertz CT molecular complexity index is 877. The van der Waals surface area contributed by atoms with E-state index in [0.29, 0.717) is 27.1 Å². The molecular formula is C15H12F2N2S. The van der Waals surface area contributed by atoms with Crippen LogP contribution in [-0.2, 0) is 0 Å². The van der Waals surface area contributed by atoms with Crippen LogP contribution in [0.2, 0.25) is 0 Å². The molecule has 1 heterocycles. The maximum Gasteiger partial charge on any atom is 0.182 e. The molecule has 0 aliphatic rings. The van der Waals surface area contributed by atoms with Gasteiger partial charge in [-0.1, -0.05) is 6.07 Å². The Hall–Kier alpha value is -2.01. The number of fused-ring (bicyclic) bond motifs is 1. The lowest BCUT2D eigenvalue weighted by atomic mass is 10.2. The van der Waals surface area contributed by atoms with E-state index in [0.717, 1.165) is 5.56 Å². The summed E-state index contributed by atoms with van der Waals surface area (Å²) >= 11 is 5.24. The molecule has 0 aliphatic heterocycles. The molecule has 0 bridgehead atoms. The van der Waals surface area contributed by atoms with Gasteiger partial charge in [0, 0.05) is 0 Å². The van der Waals surface area contributed by atoms with Crippen LogP contribution in [0.25, 0.3) is 16.7 Å². The number of aryl methyl sites for hydroxylation is 2. The van der Waals surface area contributed by atoms with Crippen LogP contribution in [0.3, 0.4) is 0 Å². The first-order valence-corrected chi connectivity index (χ1v) is 6.55. The predicted octanol–water partition coefficient (Wildman–Crippen LogP) is 4.58. The van der Waals surface area contributed by atoms with E-state index in [4.69, 9.17) is 12.2 Å². The summed E-state index contributed by atoms with van der Waals surface area (Å²) in [5.74, 6) is -0.680. The Labute approximate surface area is 119 Å². The summed E-state index contributed by atoms with van der Waals surface area (Å²) < 4.78 is 29.6. The average Bonchev–Trinajstić information content (AvgIpc) is 2.69. The lowest BCUT2D eigenvalue weighted by molar-refractivity contribution is 0.617. The third kappa shape index (κ3) is 1.94. The van der Waals surface area contributed by atoms with Gasteiger partial charge < -0.3 is 4.98 Å². The highest BCUT2D eigenvalue weighted by Crippen LogP contribution is 2.24. The number of hydrogen-bond donors (Lipinski definition) is 1. The fourth-order valence-corrected chi connectivity index (χ4v) is 2.57. The zero-order chi connectivity index (χ0) is 14.4. The molecule has 0 radical (unpaired) electrons. The van der Waals surface area contributed by atoms with Crippen LogP contribution in [0.5, 0.6) is 0 Å². The Morgan fingerprint density at radius 1 is 1.05 bits per heavy atom. The molecule has 2 nitrogen and oxygen atoms in total. The van der Waals surface area contributed by atoms with Gasteiger partial charge in [0.25, 0.3) is 0 Å². The molecule has 1 N–H and O–H groups in total. The largest absolute Gasteiger partial charge is 0.330 e. The van der Waals surface area contributed by atoms with Crippen molar-refractivity contribution >= 4 is 23.3 Å². The second-order valence-corrected chi connectivity index (χ2v) is 5.23. The van der Waals surface area contributed by atoms with E-state index in [1.54, 1.807) is 29.7 Å². The fraction of sp³-hybridized carbons (Fsp3) is 0.133. The predicted molar refractivity (Wildman–Crippen MR) is 77.8 cm³/mol. The minimum atomic E-state index is -0.366. The molecule has 3 rings (SSSR count). The molecule has 20 heavy (non-hydrogen) atoms. The molecule has 0 spiro atoms. The van der Waals surface area contributed by atoms with E-state index < -0.39 is 0 Å². The first-order chi connectivity index (χ1) is 9.47. The van der Waals surface area contributed by atoms with Crippen molar-refractivity contribution in [3.63, 3.8) is 0 Å². The van der Waals surface area contributed by atoms with Crippen molar-refractivity contribution < 1.29 is 8.78 Å². The Morgan fingerprint density at radius 2 is 1.80 bits per heavy atom. The number of benzene rings is 2. The van der Waals surface area contributed by atoms with Crippen molar-refractivity contribution in [2.24, 2.45) is 0 Å². The van der Waals surface area contributed by atoms with Crippen LogP contribution in [-0.4, -0.2) is 9.55 Å². The number of imidazole rings is 1. The molecule has 1 aromatic heterocycles. The van der Waals surface area contributed by atoms with Crippen molar-refractivity contribution in [2.45, 2.75) is 13.8 Å². The van der Waals surface area contributed by atoms with E-state index in [9.17, 15) is 8.78 Å². The monoisotopic (exact) mass is 290 g/mol. The van der Waals surface area contributed by atoms with Gasteiger partial charge in [-0.25, -0.2) is 8.78 Å². The van der Waals surface area contributed by atoms with Gasteiger partial charge in [-0.05, 0) is 61.5 Å². The number of aromatic amines is 1. The van der Waals surface area contributed by atoms with Crippen molar-refractivity contribution in [1.82, 2.24) is 9.55 Å². The van der Waals surface area contributed by atoms with Crippen molar-refractivity contribution in [1.29, 1.82) is 0 Å². The summed E-state index contributed by atoms with van der Waals surface area (Å²) in [5, 5.41) is 0. The molecule has 0 amide bonds. The smallest absolute Gasteiger partial charge is 0.182 e. The van der Waals surface area contributed by atoms with Gasteiger partial charge in [-0.3, -0.25) is 4.57 Å². The number of aromatic nitrogens is 2. The lowest BCUT2D eigenvalue weighted by Gasteiger charge is -2.08. The minimum absolute atomic E-state index is 0.314. The van der Waals surface area contributed by atoms with E-state index in [1.807, 2.05) is 6.92 Å². The number of rotatable bonds is 1. The molecule has 0 atom stereocenters. The zero-order valence-corrected chi connectivity index (χ0v) is 11.8. The first kappa shape index (κ1) is 13.0. The standard InChI is InChI=1S/C15H12F2N2S/c1-8-3-4-10(16)13(5-8)19-14-6-9(2)11(17)7-12(14)18-15(19)20/h3-7H,1-2H3,(H,18,20). The van der Waals surface area contributed by atoms with Gasteiger partial charge in [0.15, 0.2) is 4.77 Å². The highest BCUT2D eigenvalue weighted by molar-refractivity contribution is 7.71. The van der Waals surface area contributed by atoms with Gasteiger partial charge in [-0.2, -0.15) is 0 Å². The fourth-order valence-electron chi connectivity index (χ4n) is 2.27. The second-order valence-electron chi connectivity index (χ2n) is 4.84. The molecule has 0 saturated carbocycles. The van der Waals surface area contributed by atoms with E-state index in [-0.39, 0.29) is 11.6 Å². The quantitative estimate of drug-likeness (QED) is 0.650. The molecule has 102 valence electrons. The van der Waals surface area contributed by atoms with Crippen molar-refractivity contribution in [2.75, 3.05) is 0 Å². The molecule has 0 aliphatic carbocycles. The van der Waals surface area contributed by atoms with Gasteiger partial charge in [0.05, 0.1) is 16.7 Å². The van der Waals surface area contributed by atoms with Crippen LogP contribution in [0, 0.1) is 30.3 Å². The maximum absolute atomic E-state index is 14.1. The Balaban J connectivity index is 2.42. The summed E-state index contributed by atoms with van der Waals surface area (Å²) in [4.78, 5) is 2.91. The number of nitrogens with zero attached hydrogens (tertiary/aromatic N) is 1. The highest BCUT2D eigenvalue weighted by atomic mass is 32.1. The van der Waals surface area contributed by atoms with Crippen LogP contribution in [0.1, 0.15) is 11.1 Å². The highest BCUT2D eigenvalue weighted by Gasteiger charge is 2.12. The topological polar surface area (TPSA) is 20.7 Å². The van der Waals surface area contributed by atoms with Crippen molar-refractivity contribution in [3.05, 3.63) is 57.9 Å². The second kappa shape index (κ2) is 4.52. The molecule has 0 saturated heterocycles. The molecule has 5 heteroatoms. The Morgan fingerprint density at radius 3 is 2.55 bits per heavy atom. The van der Waals surface area contributed by atoms with Crippen LogP contribution < -0.4 is 0 Å². The normalized spacial score (nSPS) is 11.2. The van der Waals surface area contributed by atoms with Crippen LogP contribution in [0.4, 0.5) is 8.78 Å². The number of nitrogens with one attached hydrogen (secondary N) is 1. The van der Waals surface area contributed by atoms with Gasteiger partial charge >= 0.3 is 0 Å². The molecule has 3 aromatic rings. The average molecular weight is 290 g/mol. The van der Waals surface area contributed by atoms with Crippen molar-refractivity contribution in [3.8, 4) is 5.69 Å². The number of halogens is 2. The van der Waals surface area contributed by atoms with Crippen LogP contribution >= 0.6 is 12.2 Å². The molecule has 0 fully saturated rings. The summed E-state index contributed by atoms with van der Waals surface area (Å²) in [7, 11) is 0. The summed E-state index contributed by atoms with van der Waals surface area (Å²) in [6, 6.07) is 7.87. The van der Waals surface area contributed by atoms with E-state index in [1.165, 1.54) is 12.1 Å². The molecular weight excluding hydrogens is 278 g/mol. The molecule has 2 aromatic carbocycles. The van der Waals surface area contributed by atoms with E-state index >= 15 is 0 Å². The van der Waals surface area contributed by atoms with Crippen LogP contribution in [0.15, 0.2) is 30.3 Å². The summed E-state index contributed by atoms with van der Waals surface area (Å²) in [6.07, 6.45) is 0. The summed E-state index contributed by atoms with van der Waals surface area (Å²) in [5.41, 5.74) is 3.01. The first-order valence-electron chi connectivity index (χ1n) is 6.15. The minimum Gasteiger partial charge on any atom is -0.330 e. The molecule has 0 unspecified atom stereocenters. The number of H-pyrrole nitrogens is 1. The van der Waals surface area contributed by atoms with Gasteiger partial charge in [-0.15, -0.1) is 0 Å². The zero-order valence-electron chi connectivity index (χ0n) is 11.0. The maximum atomic E-state index is 14.1. The number of hydrogen-bond acceptors (Lipinski definition) is 1. The third-order valence-electron chi connectivity index (χ3n) is 3.31. The third-order valence-corrected chi connectivity index (χ3v) is 3.59. The Kier molecular flexibility index (Phi) is 2.94.